The molecule has 0 amide bonds. The van der Waals surface area contributed by atoms with Crippen LogP contribution in [-0.4, -0.2) is 29.1 Å². The van der Waals surface area contributed by atoms with Crippen LogP contribution < -0.4 is 9.64 Å². The summed E-state index contributed by atoms with van der Waals surface area (Å²) in [4.78, 5) is 16.2. The van der Waals surface area contributed by atoms with Gasteiger partial charge in [0.2, 0.25) is 5.69 Å². The largest absolute Gasteiger partial charge is 0.487 e. The molecule has 0 aliphatic carbocycles. The first-order chi connectivity index (χ1) is 8.20. The van der Waals surface area contributed by atoms with Crippen LogP contribution in [0.25, 0.3) is 0 Å². The van der Waals surface area contributed by atoms with Crippen molar-refractivity contribution in [3.05, 3.63) is 21.9 Å². The van der Waals surface area contributed by atoms with Gasteiger partial charge in [-0.1, -0.05) is 0 Å². The van der Waals surface area contributed by atoms with Crippen molar-refractivity contribution < 1.29 is 9.66 Å². The second-order valence-electron chi connectivity index (χ2n) is 3.99. The molecule has 0 unspecified atom stereocenters. The maximum absolute atomic E-state index is 10.8. The fraction of sp³-hybridized carbons (Fsp3) is 0.400. The third kappa shape index (κ3) is 1.30. The first-order valence-electron chi connectivity index (χ1n) is 5.19. The Hall–Kier alpha value is -2.36. The van der Waals surface area contributed by atoms with Crippen LogP contribution in [0.15, 0.2) is 6.07 Å². The van der Waals surface area contributed by atoms with Crippen LogP contribution in [0.3, 0.4) is 0 Å². The van der Waals surface area contributed by atoms with E-state index in [1.165, 1.54) is 6.07 Å². The quantitative estimate of drug-likeness (QED) is 0.526. The maximum Gasteiger partial charge on any atom is 0.309 e. The van der Waals surface area contributed by atoms with Crippen LogP contribution in [0.2, 0.25) is 0 Å². The molecule has 1 atom stereocenters. The summed E-state index contributed by atoms with van der Waals surface area (Å²) in [5.41, 5.74) is -0.463. The average molecular weight is 232 g/mol. The van der Waals surface area contributed by atoms with Gasteiger partial charge >= 0.3 is 5.69 Å². The zero-order valence-corrected chi connectivity index (χ0v) is 8.79. The first-order valence-corrected chi connectivity index (χ1v) is 5.19. The van der Waals surface area contributed by atoms with Crippen LogP contribution in [-0.2, 0) is 0 Å². The second-order valence-corrected chi connectivity index (χ2v) is 3.99. The van der Waals surface area contributed by atoms with Gasteiger partial charge in [-0.3, -0.25) is 10.1 Å². The molecule has 0 spiro atoms. The highest BCUT2D eigenvalue weighted by Crippen LogP contribution is 2.40. The maximum atomic E-state index is 10.8. The minimum Gasteiger partial charge on any atom is -0.487 e. The predicted molar refractivity (Wildman–Crippen MR) is 56.9 cm³/mol. The highest BCUT2D eigenvalue weighted by molar-refractivity contribution is 5.63. The van der Waals surface area contributed by atoms with Crippen LogP contribution >= 0.6 is 0 Å². The van der Waals surface area contributed by atoms with Gasteiger partial charge in [0.05, 0.1) is 17.0 Å². The van der Waals surface area contributed by atoms with E-state index in [0.29, 0.717) is 24.2 Å². The minimum atomic E-state index is -0.614. The fourth-order valence-corrected chi connectivity index (χ4v) is 2.09. The Balaban J connectivity index is 2.14. The lowest BCUT2D eigenvalue weighted by Crippen LogP contribution is -2.54. The third-order valence-electron chi connectivity index (χ3n) is 3.10. The van der Waals surface area contributed by atoms with Gasteiger partial charge in [-0.15, -0.1) is 0 Å². The van der Waals surface area contributed by atoms with Crippen molar-refractivity contribution in [2.24, 2.45) is 0 Å². The number of rotatable bonds is 1. The zero-order valence-electron chi connectivity index (χ0n) is 8.79. The first kappa shape index (κ1) is 9.84. The summed E-state index contributed by atoms with van der Waals surface area (Å²) >= 11 is 0. The lowest BCUT2D eigenvalue weighted by atomic mass is 10.0. The van der Waals surface area contributed by atoms with Gasteiger partial charge in [-0.05, 0) is 6.42 Å². The van der Waals surface area contributed by atoms with Crippen LogP contribution in [0.4, 0.5) is 11.5 Å². The van der Waals surface area contributed by atoms with Crippen LogP contribution in [0.5, 0.6) is 5.75 Å². The van der Waals surface area contributed by atoms with Crippen molar-refractivity contribution in [2.45, 2.75) is 12.5 Å². The van der Waals surface area contributed by atoms with Gasteiger partial charge in [-0.2, -0.15) is 5.26 Å². The Morgan fingerprint density at radius 2 is 2.53 bits per heavy atom. The summed E-state index contributed by atoms with van der Waals surface area (Å²) in [5, 5.41) is 19.6. The zero-order chi connectivity index (χ0) is 12.0. The molecule has 2 aliphatic rings. The normalized spacial score (nSPS) is 20.4. The molecular weight excluding hydrogens is 224 g/mol. The summed E-state index contributed by atoms with van der Waals surface area (Å²) < 4.78 is 5.43. The van der Waals surface area contributed by atoms with Gasteiger partial charge < -0.3 is 9.64 Å². The number of nitro groups is 1. The minimum absolute atomic E-state index is 0.162. The van der Waals surface area contributed by atoms with Crippen molar-refractivity contribution in [3.8, 4) is 11.8 Å². The Morgan fingerprint density at radius 1 is 1.71 bits per heavy atom. The van der Waals surface area contributed by atoms with Gasteiger partial charge in [0.1, 0.15) is 12.7 Å². The van der Waals surface area contributed by atoms with Crippen molar-refractivity contribution in [3.63, 3.8) is 0 Å². The number of nitrogens with zero attached hydrogens (tertiary/aromatic N) is 4. The molecule has 0 aromatic carbocycles. The van der Waals surface area contributed by atoms with Gasteiger partial charge in [-0.25, -0.2) is 4.98 Å². The Kier molecular flexibility index (Phi) is 1.92. The second kappa shape index (κ2) is 3.31. The number of ether oxygens (including phenoxy) is 1. The Bertz CT molecular complexity index is 551. The molecule has 0 radical (unpaired) electrons. The predicted octanol–water partition coefficient (Wildman–Crippen LogP) is 0.833. The lowest BCUT2D eigenvalue weighted by Gasteiger charge is -2.45. The number of hydrogen-bond donors (Lipinski definition) is 0. The number of pyridine rings is 1. The molecule has 7 nitrogen and oxygen atoms in total. The summed E-state index contributed by atoms with van der Waals surface area (Å²) in [5.74, 6) is 0.946. The SMILES string of the molecule is N#Cc1nc2c(cc1[N+](=O)[O-])OC[C@@H]1CCN21. The van der Waals surface area contributed by atoms with Gasteiger partial charge in [0.15, 0.2) is 11.6 Å². The molecule has 0 bridgehead atoms. The number of fused-ring (bicyclic) bond motifs is 3. The van der Waals surface area contributed by atoms with E-state index in [9.17, 15) is 10.1 Å². The van der Waals surface area contributed by atoms with Crippen LogP contribution in [0.1, 0.15) is 12.1 Å². The molecule has 3 heterocycles. The van der Waals surface area contributed by atoms with E-state index in [1.54, 1.807) is 6.07 Å². The topological polar surface area (TPSA) is 92.3 Å². The highest BCUT2D eigenvalue weighted by Gasteiger charge is 2.37. The standard InChI is InChI=1S/C10H8N4O3/c11-4-7-8(14(15)16)3-9-10(12-7)13-2-1-6(13)5-17-9/h3,6H,1-2,5H2/t6-/m0/s1. The molecule has 2 aliphatic heterocycles. The monoisotopic (exact) mass is 232 g/mol. The van der Waals surface area contributed by atoms with E-state index in [4.69, 9.17) is 10.00 Å². The van der Waals surface area contributed by atoms with E-state index in [2.05, 4.69) is 4.98 Å². The molecule has 1 fully saturated rings. The van der Waals surface area contributed by atoms with E-state index in [0.717, 1.165) is 13.0 Å². The van der Waals surface area contributed by atoms with E-state index >= 15 is 0 Å². The molecule has 1 saturated heterocycles. The van der Waals surface area contributed by atoms with Crippen molar-refractivity contribution >= 4 is 11.5 Å². The van der Waals surface area contributed by atoms with Gasteiger partial charge in [0, 0.05) is 6.54 Å². The molecule has 3 rings (SSSR count). The summed E-state index contributed by atoms with van der Waals surface area (Å²) in [6, 6.07) is 3.33. The van der Waals surface area contributed by atoms with Gasteiger partial charge in [0.25, 0.3) is 0 Å². The molecular formula is C10H8N4O3. The number of anilines is 1. The average Bonchev–Trinajstić information content (AvgIpc) is 2.27. The highest BCUT2D eigenvalue weighted by atomic mass is 16.6. The lowest BCUT2D eigenvalue weighted by molar-refractivity contribution is -0.385. The molecule has 1 aromatic rings. The summed E-state index contributed by atoms with van der Waals surface area (Å²) in [6.07, 6.45) is 1.03. The number of aromatic nitrogens is 1. The van der Waals surface area contributed by atoms with Crippen molar-refractivity contribution in [1.29, 1.82) is 5.26 Å². The molecule has 1 aromatic heterocycles. The van der Waals surface area contributed by atoms with E-state index in [1.807, 2.05) is 4.90 Å². The Morgan fingerprint density at radius 3 is 3.12 bits per heavy atom. The molecule has 0 N–H and O–H groups in total. The fourth-order valence-electron chi connectivity index (χ4n) is 2.09. The molecule has 7 heteroatoms. The smallest absolute Gasteiger partial charge is 0.309 e. The van der Waals surface area contributed by atoms with E-state index < -0.39 is 4.92 Å². The Labute approximate surface area is 96.4 Å². The third-order valence-corrected chi connectivity index (χ3v) is 3.10. The summed E-state index contributed by atoms with van der Waals surface area (Å²) in [7, 11) is 0. The number of nitriles is 1. The number of hydrogen-bond acceptors (Lipinski definition) is 6. The molecule has 0 saturated carbocycles. The van der Waals surface area contributed by atoms with Crippen LogP contribution in [0, 0.1) is 21.4 Å². The van der Waals surface area contributed by atoms with Crippen molar-refractivity contribution in [1.82, 2.24) is 4.98 Å². The molecule has 86 valence electrons. The molecule has 17 heavy (non-hydrogen) atoms. The van der Waals surface area contributed by atoms with Crippen molar-refractivity contribution in [2.75, 3.05) is 18.1 Å². The summed E-state index contributed by atoms with van der Waals surface area (Å²) in [6.45, 7) is 1.38. The van der Waals surface area contributed by atoms with E-state index in [-0.39, 0.29) is 11.4 Å².